The van der Waals surface area contributed by atoms with Gasteiger partial charge in [0.05, 0.1) is 0 Å². The average Bonchev–Trinajstić information content (AvgIpc) is 2.09. The number of nitrogens with zero attached hydrogens (tertiary/aromatic N) is 3. The summed E-state index contributed by atoms with van der Waals surface area (Å²) in [5, 5.41) is 0. The molecule has 14 heavy (non-hydrogen) atoms. The fraction of sp³-hybridized carbons (Fsp3) is 0.600. The molecule has 0 aliphatic carbocycles. The summed E-state index contributed by atoms with van der Waals surface area (Å²) in [6.45, 7) is 8.04. The number of hydrogen-bond acceptors (Lipinski definition) is 4. The highest BCUT2D eigenvalue weighted by Gasteiger charge is 2.12. The van der Waals surface area contributed by atoms with Crippen LogP contribution in [0.1, 0.15) is 25.2 Å². The fourth-order valence-electron chi connectivity index (χ4n) is 1.22. The smallest absolute Gasteiger partial charge is 0.137 e. The molecule has 0 fully saturated rings. The largest absolute Gasteiger partial charge is 0.383 e. The average molecular weight is 194 g/mol. The van der Waals surface area contributed by atoms with Crippen molar-refractivity contribution in [1.82, 2.24) is 9.97 Å². The Morgan fingerprint density at radius 1 is 1.21 bits per heavy atom. The molecule has 0 bridgehead atoms. The zero-order chi connectivity index (χ0) is 10.9. The van der Waals surface area contributed by atoms with Crippen molar-refractivity contribution in [3.8, 4) is 0 Å². The summed E-state index contributed by atoms with van der Waals surface area (Å²) in [5.74, 6) is 2.21. The summed E-state index contributed by atoms with van der Waals surface area (Å²) in [5.41, 5.74) is 6.73. The van der Waals surface area contributed by atoms with Crippen LogP contribution < -0.4 is 10.6 Å². The lowest BCUT2D eigenvalue weighted by molar-refractivity contribution is 0.736. The first-order chi connectivity index (χ1) is 6.43. The molecule has 78 valence electrons. The van der Waals surface area contributed by atoms with Crippen LogP contribution in [-0.2, 0) is 0 Å². The number of nitrogen functional groups attached to an aromatic ring is 1. The SMILES string of the molecule is Cc1nc(N)c(C)c(N(C)C(C)C)n1. The topological polar surface area (TPSA) is 55.0 Å². The molecule has 4 heteroatoms. The van der Waals surface area contributed by atoms with E-state index in [1.165, 1.54) is 0 Å². The number of rotatable bonds is 2. The summed E-state index contributed by atoms with van der Waals surface area (Å²) < 4.78 is 0. The van der Waals surface area contributed by atoms with Crippen LogP contribution in [0.5, 0.6) is 0 Å². The minimum absolute atomic E-state index is 0.405. The first kappa shape index (κ1) is 10.8. The van der Waals surface area contributed by atoms with Crippen molar-refractivity contribution < 1.29 is 0 Å². The molecule has 0 aliphatic rings. The molecule has 1 rings (SSSR count). The van der Waals surface area contributed by atoms with Gasteiger partial charge >= 0.3 is 0 Å². The molecule has 0 atom stereocenters. The number of hydrogen-bond donors (Lipinski definition) is 1. The summed E-state index contributed by atoms with van der Waals surface area (Å²) in [6, 6.07) is 0.405. The predicted molar refractivity (Wildman–Crippen MR) is 59.5 cm³/mol. The van der Waals surface area contributed by atoms with Crippen molar-refractivity contribution in [3.05, 3.63) is 11.4 Å². The highest BCUT2D eigenvalue weighted by molar-refractivity contribution is 5.56. The molecule has 0 saturated carbocycles. The molecule has 0 aromatic carbocycles. The third kappa shape index (κ3) is 1.95. The molecule has 2 N–H and O–H groups in total. The maximum Gasteiger partial charge on any atom is 0.137 e. The van der Waals surface area contributed by atoms with Crippen LogP contribution in [-0.4, -0.2) is 23.1 Å². The van der Waals surface area contributed by atoms with Gasteiger partial charge in [-0.2, -0.15) is 0 Å². The van der Waals surface area contributed by atoms with Crippen molar-refractivity contribution in [2.24, 2.45) is 0 Å². The summed E-state index contributed by atoms with van der Waals surface area (Å²) in [6.07, 6.45) is 0. The van der Waals surface area contributed by atoms with Gasteiger partial charge in [0.1, 0.15) is 17.5 Å². The maximum absolute atomic E-state index is 5.78. The molecule has 0 unspecified atom stereocenters. The summed E-state index contributed by atoms with van der Waals surface area (Å²) in [4.78, 5) is 10.6. The normalized spacial score (nSPS) is 10.7. The predicted octanol–water partition coefficient (Wildman–Crippen LogP) is 1.52. The van der Waals surface area contributed by atoms with Gasteiger partial charge in [0.15, 0.2) is 0 Å². The molecule has 1 aromatic rings. The van der Waals surface area contributed by atoms with Gasteiger partial charge in [-0.25, -0.2) is 9.97 Å². The van der Waals surface area contributed by atoms with Gasteiger partial charge in [-0.05, 0) is 27.7 Å². The van der Waals surface area contributed by atoms with Crippen molar-refractivity contribution in [2.45, 2.75) is 33.7 Å². The minimum Gasteiger partial charge on any atom is -0.383 e. The number of nitrogens with two attached hydrogens (primary N) is 1. The van der Waals surface area contributed by atoms with Crippen LogP contribution in [0.3, 0.4) is 0 Å². The molecule has 0 saturated heterocycles. The first-order valence-corrected chi connectivity index (χ1v) is 4.77. The lowest BCUT2D eigenvalue weighted by Gasteiger charge is -2.24. The van der Waals surface area contributed by atoms with E-state index in [1.807, 2.05) is 20.9 Å². The number of aromatic nitrogens is 2. The Morgan fingerprint density at radius 2 is 1.79 bits per heavy atom. The van der Waals surface area contributed by atoms with Crippen LogP contribution in [0, 0.1) is 13.8 Å². The van der Waals surface area contributed by atoms with E-state index in [1.54, 1.807) is 0 Å². The molecule has 0 amide bonds. The van der Waals surface area contributed by atoms with Gasteiger partial charge in [-0.3, -0.25) is 0 Å². The Kier molecular flexibility index (Phi) is 2.93. The molecular formula is C10H18N4. The Morgan fingerprint density at radius 3 is 2.29 bits per heavy atom. The number of anilines is 2. The second kappa shape index (κ2) is 3.82. The number of aryl methyl sites for hydroxylation is 1. The van der Waals surface area contributed by atoms with Gasteiger partial charge in [0.25, 0.3) is 0 Å². The van der Waals surface area contributed by atoms with E-state index >= 15 is 0 Å². The quantitative estimate of drug-likeness (QED) is 0.775. The van der Waals surface area contributed by atoms with Crippen LogP contribution in [0.4, 0.5) is 11.6 Å². The van der Waals surface area contributed by atoms with Gasteiger partial charge in [0, 0.05) is 18.7 Å². The standard InChI is InChI=1S/C10H18N4/c1-6(2)14(5)10-7(3)9(11)12-8(4)13-10/h6H,1-5H3,(H2,11,12,13). The van der Waals surface area contributed by atoms with Gasteiger partial charge in [-0.15, -0.1) is 0 Å². The Bertz CT molecular complexity index is 333. The highest BCUT2D eigenvalue weighted by atomic mass is 15.2. The monoisotopic (exact) mass is 194 g/mol. The van der Waals surface area contributed by atoms with E-state index in [-0.39, 0.29) is 0 Å². The van der Waals surface area contributed by atoms with E-state index < -0.39 is 0 Å². The third-order valence-corrected chi connectivity index (χ3v) is 2.38. The van der Waals surface area contributed by atoms with Crippen LogP contribution in [0.2, 0.25) is 0 Å². The molecular weight excluding hydrogens is 176 g/mol. The lowest BCUT2D eigenvalue weighted by Crippen LogP contribution is -2.28. The fourth-order valence-corrected chi connectivity index (χ4v) is 1.22. The van der Waals surface area contributed by atoms with E-state index in [9.17, 15) is 0 Å². The lowest BCUT2D eigenvalue weighted by atomic mass is 10.2. The third-order valence-electron chi connectivity index (χ3n) is 2.38. The molecule has 0 spiro atoms. The van der Waals surface area contributed by atoms with Crippen LogP contribution in [0.15, 0.2) is 0 Å². The van der Waals surface area contributed by atoms with Crippen molar-refractivity contribution >= 4 is 11.6 Å². The van der Waals surface area contributed by atoms with E-state index in [0.29, 0.717) is 11.9 Å². The van der Waals surface area contributed by atoms with Gasteiger partial charge in [-0.1, -0.05) is 0 Å². The summed E-state index contributed by atoms with van der Waals surface area (Å²) >= 11 is 0. The first-order valence-electron chi connectivity index (χ1n) is 4.77. The zero-order valence-corrected chi connectivity index (χ0v) is 9.50. The highest BCUT2D eigenvalue weighted by Crippen LogP contribution is 2.21. The van der Waals surface area contributed by atoms with Crippen LogP contribution in [0.25, 0.3) is 0 Å². The van der Waals surface area contributed by atoms with E-state index in [4.69, 9.17) is 5.73 Å². The van der Waals surface area contributed by atoms with E-state index in [0.717, 1.165) is 17.2 Å². The molecule has 1 heterocycles. The maximum atomic E-state index is 5.78. The minimum atomic E-state index is 0.405. The molecule has 0 radical (unpaired) electrons. The Labute approximate surface area is 85.2 Å². The molecule has 1 aromatic heterocycles. The Balaban J connectivity index is 3.20. The van der Waals surface area contributed by atoms with Gasteiger partial charge < -0.3 is 10.6 Å². The molecule has 0 aliphatic heterocycles. The van der Waals surface area contributed by atoms with Crippen molar-refractivity contribution in [3.63, 3.8) is 0 Å². The van der Waals surface area contributed by atoms with Crippen LogP contribution >= 0.6 is 0 Å². The summed E-state index contributed by atoms with van der Waals surface area (Å²) in [7, 11) is 2.01. The zero-order valence-electron chi connectivity index (χ0n) is 9.50. The second-order valence-electron chi connectivity index (χ2n) is 3.81. The Hall–Kier alpha value is -1.32. The van der Waals surface area contributed by atoms with E-state index in [2.05, 4.69) is 28.7 Å². The molecule has 4 nitrogen and oxygen atoms in total. The van der Waals surface area contributed by atoms with Crippen molar-refractivity contribution in [2.75, 3.05) is 17.7 Å². The second-order valence-corrected chi connectivity index (χ2v) is 3.81. The van der Waals surface area contributed by atoms with Gasteiger partial charge in [0.2, 0.25) is 0 Å². The van der Waals surface area contributed by atoms with Crippen molar-refractivity contribution in [1.29, 1.82) is 0 Å².